The molecule has 1 aromatic carbocycles. The van der Waals surface area contributed by atoms with Crippen molar-refractivity contribution in [1.29, 1.82) is 0 Å². The van der Waals surface area contributed by atoms with E-state index >= 15 is 0 Å². The zero-order valence-electron chi connectivity index (χ0n) is 12.0. The molecule has 1 heterocycles. The lowest BCUT2D eigenvalue weighted by atomic mass is 10.0. The van der Waals surface area contributed by atoms with E-state index in [0.29, 0.717) is 12.2 Å². The first kappa shape index (κ1) is 14.8. The molecular weight excluding hydrogens is 259 g/mol. The highest BCUT2D eigenvalue weighted by Gasteiger charge is 2.29. The minimum absolute atomic E-state index is 0.0540. The highest BCUT2D eigenvalue weighted by atomic mass is 19.1. The summed E-state index contributed by atoms with van der Waals surface area (Å²) in [4.78, 5) is 14.2. The Balaban J connectivity index is 2.16. The molecule has 1 N–H and O–H groups in total. The molecule has 1 saturated heterocycles. The van der Waals surface area contributed by atoms with Crippen molar-refractivity contribution in [3.8, 4) is 5.75 Å². The molecule has 1 fully saturated rings. The number of rotatable bonds is 5. The second kappa shape index (κ2) is 6.70. The Morgan fingerprint density at radius 1 is 1.50 bits per heavy atom. The Hall–Kier alpha value is -1.62. The van der Waals surface area contributed by atoms with Crippen molar-refractivity contribution < 1.29 is 13.9 Å². The SMILES string of the molecule is CCCNC1CCCN(c2ccc(F)c(OC)c2)C1=O. The van der Waals surface area contributed by atoms with Crippen LogP contribution in [0.25, 0.3) is 0 Å². The summed E-state index contributed by atoms with van der Waals surface area (Å²) in [5.74, 6) is -0.196. The van der Waals surface area contributed by atoms with Gasteiger partial charge in [-0.1, -0.05) is 6.92 Å². The molecule has 0 spiro atoms. The van der Waals surface area contributed by atoms with E-state index in [-0.39, 0.29) is 17.7 Å². The van der Waals surface area contributed by atoms with Gasteiger partial charge < -0.3 is 15.0 Å². The number of ether oxygens (including phenoxy) is 1. The van der Waals surface area contributed by atoms with Gasteiger partial charge in [0.1, 0.15) is 0 Å². The number of carbonyl (C=O) groups is 1. The number of nitrogens with zero attached hydrogens (tertiary/aromatic N) is 1. The lowest BCUT2D eigenvalue weighted by Gasteiger charge is -2.33. The number of hydrogen-bond donors (Lipinski definition) is 1. The van der Waals surface area contributed by atoms with Crippen LogP contribution < -0.4 is 15.0 Å². The Morgan fingerprint density at radius 2 is 2.30 bits per heavy atom. The minimum atomic E-state index is -0.415. The molecule has 5 heteroatoms. The van der Waals surface area contributed by atoms with Crippen molar-refractivity contribution in [2.24, 2.45) is 0 Å². The van der Waals surface area contributed by atoms with Crippen LogP contribution in [-0.4, -0.2) is 32.1 Å². The van der Waals surface area contributed by atoms with Gasteiger partial charge in [0.15, 0.2) is 11.6 Å². The maximum atomic E-state index is 13.4. The van der Waals surface area contributed by atoms with E-state index in [1.54, 1.807) is 17.0 Å². The van der Waals surface area contributed by atoms with Crippen molar-refractivity contribution in [1.82, 2.24) is 5.32 Å². The molecule has 0 aliphatic carbocycles. The number of hydrogen-bond acceptors (Lipinski definition) is 3. The number of amides is 1. The van der Waals surface area contributed by atoms with Crippen LogP contribution >= 0.6 is 0 Å². The summed E-state index contributed by atoms with van der Waals surface area (Å²) in [5.41, 5.74) is 0.691. The van der Waals surface area contributed by atoms with E-state index in [0.717, 1.165) is 25.8 Å². The number of carbonyl (C=O) groups excluding carboxylic acids is 1. The van der Waals surface area contributed by atoms with Crippen LogP contribution in [0, 0.1) is 5.82 Å². The first-order chi connectivity index (χ1) is 9.67. The number of methoxy groups -OCH3 is 1. The molecule has 1 amide bonds. The van der Waals surface area contributed by atoms with Gasteiger partial charge in [-0.2, -0.15) is 0 Å². The highest BCUT2D eigenvalue weighted by Crippen LogP contribution is 2.27. The number of nitrogens with one attached hydrogen (secondary N) is 1. The average Bonchev–Trinajstić information content (AvgIpc) is 2.47. The highest BCUT2D eigenvalue weighted by molar-refractivity contribution is 5.98. The Morgan fingerprint density at radius 3 is 3.00 bits per heavy atom. The van der Waals surface area contributed by atoms with Crippen molar-refractivity contribution in [3.05, 3.63) is 24.0 Å². The second-order valence-electron chi connectivity index (χ2n) is 4.96. The van der Waals surface area contributed by atoms with Gasteiger partial charge in [-0.05, 0) is 37.9 Å². The van der Waals surface area contributed by atoms with Gasteiger partial charge in [-0.25, -0.2) is 4.39 Å². The number of anilines is 1. The van der Waals surface area contributed by atoms with Crippen LogP contribution in [0.15, 0.2) is 18.2 Å². The van der Waals surface area contributed by atoms with Gasteiger partial charge >= 0.3 is 0 Å². The zero-order valence-corrected chi connectivity index (χ0v) is 12.0. The van der Waals surface area contributed by atoms with Crippen LogP contribution in [0.3, 0.4) is 0 Å². The topological polar surface area (TPSA) is 41.6 Å². The molecule has 1 aliphatic heterocycles. The molecule has 0 saturated carbocycles. The van der Waals surface area contributed by atoms with Crippen molar-refractivity contribution in [3.63, 3.8) is 0 Å². The van der Waals surface area contributed by atoms with E-state index in [2.05, 4.69) is 12.2 Å². The van der Waals surface area contributed by atoms with E-state index in [1.165, 1.54) is 13.2 Å². The predicted molar refractivity (Wildman–Crippen MR) is 76.6 cm³/mol. The van der Waals surface area contributed by atoms with Crippen molar-refractivity contribution in [2.45, 2.75) is 32.2 Å². The first-order valence-corrected chi connectivity index (χ1v) is 7.05. The minimum Gasteiger partial charge on any atom is -0.494 e. The van der Waals surface area contributed by atoms with Crippen LogP contribution in [0.4, 0.5) is 10.1 Å². The van der Waals surface area contributed by atoms with Crippen LogP contribution in [0.5, 0.6) is 5.75 Å². The Labute approximate surface area is 118 Å². The molecular formula is C15H21FN2O2. The largest absolute Gasteiger partial charge is 0.494 e. The summed E-state index contributed by atoms with van der Waals surface area (Å²) in [6.07, 6.45) is 2.79. The number of benzene rings is 1. The fourth-order valence-electron chi connectivity index (χ4n) is 2.46. The van der Waals surface area contributed by atoms with E-state index in [9.17, 15) is 9.18 Å². The van der Waals surface area contributed by atoms with Gasteiger partial charge in [-0.3, -0.25) is 4.79 Å². The summed E-state index contributed by atoms with van der Waals surface area (Å²) >= 11 is 0. The lowest BCUT2D eigenvalue weighted by Crippen LogP contribution is -2.51. The lowest BCUT2D eigenvalue weighted by molar-refractivity contribution is -0.121. The second-order valence-corrected chi connectivity index (χ2v) is 4.96. The maximum absolute atomic E-state index is 13.4. The quantitative estimate of drug-likeness (QED) is 0.900. The van der Waals surface area contributed by atoms with E-state index in [4.69, 9.17) is 4.74 Å². The summed E-state index contributed by atoms with van der Waals surface area (Å²) in [6, 6.07) is 4.40. The average molecular weight is 280 g/mol. The molecule has 1 aromatic rings. The summed E-state index contributed by atoms with van der Waals surface area (Å²) in [5, 5.41) is 3.26. The summed E-state index contributed by atoms with van der Waals surface area (Å²) in [6.45, 7) is 3.57. The fourth-order valence-corrected chi connectivity index (χ4v) is 2.46. The zero-order chi connectivity index (χ0) is 14.5. The molecule has 20 heavy (non-hydrogen) atoms. The van der Waals surface area contributed by atoms with Gasteiger partial charge in [0.05, 0.1) is 13.2 Å². The molecule has 1 atom stereocenters. The van der Waals surface area contributed by atoms with Crippen LogP contribution in [-0.2, 0) is 4.79 Å². The van der Waals surface area contributed by atoms with E-state index in [1.807, 2.05) is 0 Å². The third kappa shape index (κ3) is 3.10. The Bertz CT molecular complexity index is 479. The normalized spacial score (nSPS) is 19.2. The third-order valence-electron chi connectivity index (χ3n) is 3.53. The maximum Gasteiger partial charge on any atom is 0.244 e. The van der Waals surface area contributed by atoms with Crippen LogP contribution in [0.2, 0.25) is 0 Å². The van der Waals surface area contributed by atoms with Gasteiger partial charge in [0, 0.05) is 18.3 Å². The molecule has 1 aliphatic rings. The molecule has 2 rings (SSSR count). The summed E-state index contributed by atoms with van der Waals surface area (Å²) < 4.78 is 18.4. The number of piperidine rings is 1. The van der Waals surface area contributed by atoms with Crippen LogP contribution in [0.1, 0.15) is 26.2 Å². The monoisotopic (exact) mass is 280 g/mol. The third-order valence-corrected chi connectivity index (χ3v) is 3.53. The van der Waals surface area contributed by atoms with Crippen molar-refractivity contribution in [2.75, 3.05) is 25.1 Å². The van der Waals surface area contributed by atoms with Crippen molar-refractivity contribution >= 4 is 11.6 Å². The molecule has 110 valence electrons. The Kier molecular flexibility index (Phi) is 4.95. The first-order valence-electron chi connectivity index (χ1n) is 7.05. The molecule has 1 unspecified atom stereocenters. The molecule has 0 aromatic heterocycles. The van der Waals surface area contributed by atoms with E-state index < -0.39 is 5.82 Å². The van der Waals surface area contributed by atoms with Gasteiger partial charge in [0.2, 0.25) is 5.91 Å². The molecule has 0 bridgehead atoms. The number of halogens is 1. The molecule has 4 nitrogen and oxygen atoms in total. The predicted octanol–water partition coefficient (Wildman–Crippen LogP) is 2.33. The summed E-state index contributed by atoms with van der Waals surface area (Å²) in [7, 11) is 1.42. The van der Waals surface area contributed by atoms with Gasteiger partial charge in [-0.15, -0.1) is 0 Å². The smallest absolute Gasteiger partial charge is 0.244 e. The molecule has 0 radical (unpaired) electrons. The fraction of sp³-hybridized carbons (Fsp3) is 0.533. The standard InChI is InChI=1S/C15H21FN2O2/c1-3-8-17-13-5-4-9-18(15(13)19)11-6-7-12(16)14(10-11)20-2/h6-7,10,13,17H,3-5,8-9H2,1-2H3. The van der Waals surface area contributed by atoms with Gasteiger partial charge in [0.25, 0.3) is 0 Å².